The molecule has 0 fully saturated rings. The van der Waals surface area contributed by atoms with E-state index >= 15 is 0 Å². The Labute approximate surface area is 169 Å². The molecule has 0 aliphatic carbocycles. The van der Waals surface area contributed by atoms with Crippen LogP contribution in [0.3, 0.4) is 0 Å². The molecule has 1 aromatic carbocycles. The number of hydrogen-bond acceptors (Lipinski definition) is 5. The zero-order chi connectivity index (χ0) is 21.4. The predicted octanol–water partition coefficient (Wildman–Crippen LogP) is 2.00. The number of aryl methyl sites for hydroxylation is 1. The van der Waals surface area contributed by atoms with Gasteiger partial charge in [0, 0.05) is 44.5 Å². The Morgan fingerprint density at radius 2 is 2.07 bits per heavy atom. The molecule has 8 nitrogen and oxygen atoms in total. The van der Waals surface area contributed by atoms with Crippen molar-refractivity contribution in [2.75, 3.05) is 34.8 Å². The fourth-order valence-corrected chi connectivity index (χ4v) is 2.84. The summed E-state index contributed by atoms with van der Waals surface area (Å²) >= 11 is 0. The smallest absolute Gasteiger partial charge is 0.387 e. The number of halogens is 2. The van der Waals surface area contributed by atoms with Crippen LogP contribution in [-0.4, -0.2) is 62.0 Å². The van der Waals surface area contributed by atoms with Gasteiger partial charge in [0.15, 0.2) is 5.96 Å². The van der Waals surface area contributed by atoms with Crippen molar-refractivity contribution in [3.8, 4) is 11.5 Å². The van der Waals surface area contributed by atoms with Crippen LogP contribution in [0.15, 0.2) is 35.6 Å². The van der Waals surface area contributed by atoms with Crippen LogP contribution in [0.2, 0.25) is 0 Å². The van der Waals surface area contributed by atoms with Gasteiger partial charge in [0.05, 0.1) is 19.3 Å². The summed E-state index contributed by atoms with van der Waals surface area (Å²) in [6.45, 7) is -2.09. The van der Waals surface area contributed by atoms with E-state index in [1.165, 1.54) is 13.2 Å². The third kappa shape index (κ3) is 6.60. The minimum Gasteiger partial charge on any atom is -0.497 e. The second-order valence-electron chi connectivity index (χ2n) is 6.59. The van der Waals surface area contributed by atoms with Gasteiger partial charge in [-0.15, -0.1) is 0 Å². The van der Waals surface area contributed by atoms with Gasteiger partial charge in [-0.3, -0.25) is 9.67 Å². The lowest BCUT2D eigenvalue weighted by Crippen LogP contribution is -2.41. The summed E-state index contributed by atoms with van der Waals surface area (Å²) in [5.74, 6) is 1.17. The Balaban J connectivity index is 2.03. The first-order valence-electron chi connectivity index (χ1n) is 9.05. The molecule has 10 heteroatoms. The largest absolute Gasteiger partial charge is 0.497 e. The van der Waals surface area contributed by atoms with Crippen molar-refractivity contribution < 1.29 is 18.3 Å². The molecule has 0 aliphatic heterocycles. The molecule has 0 radical (unpaired) electrons. The van der Waals surface area contributed by atoms with E-state index in [1.807, 2.05) is 33.5 Å². The molecule has 0 saturated heterocycles. The lowest BCUT2D eigenvalue weighted by Gasteiger charge is -2.24. The molecule has 29 heavy (non-hydrogen) atoms. The van der Waals surface area contributed by atoms with Crippen LogP contribution in [0.1, 0.15) is 17.2 Å². The Morgan fingerprint density at radius 3 is 2.62 bits per heavy atom. The average molecular weight is 410 g/mol. The summed E-state index contributed by atoms with van der Waals surface area (Å²) in [4.78, 5) is 6.28. The van der Waals surface area contributed by atoms with Crippen molar-refractivity contribution in [1.29, 1.82) is 0 Å². The molecule has 2 aromatic rings. The molecule has 0 amide bonds. The number of methoxy groups -OCH3 is 1. The topological polar surface area (TPSA) is 75.9 Å². The van der Waals surface area contributed by atoms with Gasteiger partial charge in [0.25, 0.3) is 0 Å². The zero-order valence-corrected chi connectivity index (χ0v) is 17.3. The number of nitrogens with zero attached hydrogens (tertiary/aromatic N) is 4. The first-order chi connectivity index (χ1) is 13.8. The number of alkyl halides is 2. The lowest BCUT2D eigenvalue weighted by atomic mass is 10.1. The van der Waals surface area contributed by atoms with Crippen LogP contribution in [0, 0.1) is 0 Å². The van der Waals surface area contributed by atoms with Crippen LogP contribution in [-0.2, 0) is 13.6 Å². The molecule has 0 aliphatic rings. The van der Waals surface area contributed by atoms with Gasteiger partial charge in [-0.1, -0.05) is 0 Å². The number of benzene rings is 1. The quantitative estimate of drug-likeness (QED) is 0.487. The first kappa shape index (κ1) is 22.4. The fourth-order valence-electron chi connectivity index (χ4n) is 2.84. The van der Waals surface area contributed by atoms with E-state index in [2.05, 4.69) is 30.4 Å². The molecule has 160 valence electrons. The highest BCUT2D eigenvalue weighted by Crippen LogP contribution is 2.25. The van der Waals surface area contributed by atoms with E-state index in [9.17, 15) is 8.78 Å². The molecule has 1 aromatic heterocycles. The molecule has 0 bridgehead atoms. The minimum atomic E-state index is -2.90. The van der Waals surface area contributed by atoms with Crippen LogP contribution >= 0.6 is 0 Å². The highest BCUT2D eigenvalue weighted by molar-refractivity contribution is 5.79. The highest BCUT2D eigenvalue weighted by atomic mass is 19.3. The number of nitrogens with one attached hydrogen (secondary N) is 2. The van der Waals surface area contributed by atoms with E-state index in [0.717, 1.165) is 5.56 Å². The molecular weight excluding hydrogens is 382 g/mol. The molecular formula is C19H28F2N6O2. The van der Waals surface area contributed by atoms with Crippen LogP contribution in [0.5, 0.6) is 11.5 Å². The second kappa shape index (κ2) is 10.6. The Morgan fingerprint density at radius 1 is 1.31 bits per heavy atom. The fraction of sp³-hybridized carbons (Fsp3) is 0.474. The second-order valence-corrected chi connectivity index (χ2v) is 6.59. The van der Waals surface area contributed by atoms with Gasteiger partial charge >= 0.3 is 6.61 Å². The molecule has 0 spiro atoms. The molecule has 2 N–H and O–H groups in total. The van der Waals surface area contributed by atoms with E-state index < -0.39 is 6.61 Å². The number of aromatic nitrogens is 2. The molecule has 1 unspecified atom stereocenters. The van der Waals surface area contributed by atoms with Gasteiger partial charge in [0.2, 0.25) is 0 Å². The third-order valence-electron chi connectivity index (χ3n) is 4.35. The molecule has 1 atom stereocenters. The van der Waals surface area contributed by atoms with Crippen molar-refractivity contribution >= 4 is 5.96 Å². The number of aliphatic imine (C=N–C) groups is 1. The summed E-state index contributed by atoms with van der Waals surface area (Å²) in [7, 11) is 9.00. The monoisotopic (exact) mass is 410 g/mol. The molecule has 1 heterocycles. The number of ether oxygens (including phenoxy) is 2. The SMILES string of the molecule is CN=C(NCc1cc(OC)ccc1OC(F)F)NCC(c1cnn(C)c1)N(C)C. The van der Waals surface area contributed by atoms with E-state index in [4.69, 9.17) is 4.74 Å². The standard InChI is InChI=1S/C19H28F2N6O2/c1-22-19(24-11-16(26(2)3)14-10-25-27(4)12-14)23-9-13-8-15(28-5)6-7-17(13)29-18(20)21/h6-8,10,12,16,18H,9,11H2,1-5H3,(H2,22,23,24). The maximum absolute atomic E-state index is 12.7. The van der Waals surface area contributed by atoms with Gasteiger partial charge in [-0.2, -0.15) is 13.9 Å². The van der Waals surface area contributed by atoms with Crippen LogP contribution < -0.4 is 20.1 Å². The van der Waals surface area contributed by atoms with Crippen LogP contribution in [0.25, 0.3) is 0 Å². The lowest BCUT2D eigenvalue weighted by molar-refractivity contribution is -0.0504. The number of likely N-dealkylation sites (N-methyl/N-ethyl adjacent to an activating group) is 1. The van der Waals surface area contributed by atoms with E-state index in [1.54, 1.807) is 23.9 Å². The predicted molar refractivity (Wildman–Crippen MR) is 107 cm³/mol. The van der Waals surface area contributed by atoms with E-state index in [-0.39, 0.29) is 18.3 Å². The maximum atomic E-state index is 12.7. The van der Waals surface area contributed by atoms with Crippen molar-refractivity contribution in [3.63, 3.8) is 0 Å². The van der Waals surface area contributed by atoms with Crippen molar-refractivity contribution in [3.05, 3.63) is 41.7 Å². The minimum absolute atomic E-state index is 0.0804. The van der Waals surface area contributed by atoms with Crippen molar-refractivity contribution in [1.82, 2.24) is 25.3 Å². The van der Waals surface area contributed by atoms with Crippen molar-refractivity contribution in [2.24, 2.45) is 12.0 Å². The van der Waals surface area contributed by atoms with Crippen LogP contribution in [0.4, 0.5) is 8.78 Å². The zero-order valence-electron chi connectivity index (χ0n) is 17.3. The molecule has 2 rings (SSSR count). The summed E-state index contributed by atoms with van der Waals surface area (Å²) < 4.78 is 36.9. The molecule has 0 saturated carbocycles. The van der Waals surface area contributed by atoms with Gasteiger partial charge in [-0.25, -0.2) is 0 Å². The summed E-state index contributed by atoms with van der Waals surface area (Å²) in [5.41, 5.74) is 1.60. The normalized spacial score (nSPS) is 12.9. The summed E-state index contributed by atoms with van der Waals surface area (Å²) in [6.07, 6.45) is 3.79. The summed E-state index contributed by atoms with van der Waals surface area (Å²) in [6, 6.07) is 4.76. The average Bonchev–Trinajstić information content (AvgIpc) is 3.10. The number of guanidine groups is 1. The maximum Gasteiger partial charge on any atom is 0.387 e. The van der Waals surface area contributed by atoms with E-state index in [0.29, 0.717) is 23.8 Å². The van der Waals surface area contributed by atoms with Gasteiger partial charge in [-0.05, 0) is 32.3 Å². The Bertz CT molecular complexity index is 810. The van der Waals surface area contributed by atoms with Gasteiger partial charge in [0.1, 0.15) is 11.5 Å². The third-order valence-corrected chi connectivity index (χ3v) is 4.35. The first-order valence-corrected chi connectivity index (χ1v) is 9.05. The number of hydrogen-bond donors (Lipinski definition) is 2. The highest BCUT2D eigenvalue weighted by Gasteiger charge is 2.17. The van der Waals surface area contributed by atoms with Gasteiger partial charge < -0.3 is 25.0 Å². The van der Waals surface area contributed by atoms with Crippen molar-refractivity contribution in [2.45, 2.75) is 19.2 Å². The summed E-state index contributed by atoms with van der Waals surface area (Å²) in [5, 5.41) is 10.6. The number of rotatable bonds is 9. The Hall–Kier alpha value is -2.88. The Kier molecular flexibility index (Phi) is 8.20.